The maximum atomic E-state index is 10.9. The minimum atomic E-state index is -0.458. The first kappa shape index (κ1) is 13.5. The van der Waals surface area contributed by atoms with Crippen LogP contribution in [0.5, 0.6) is 11.6 Å². The number of aromatic nitrogens is 1. The van der Waals surface area contributed by atoms with Crippen molar-refractivity contribution < 1.29 is 9.66 Å². The van der Waals surface area contributed by atoms with Gasteiger partial charge in [-0.25, -0.2) is 4.98 Å². The maximum Gasteiger partial charge on any atom is 0.276 e. The van der Waals surface area contributed by atoms with Gasteiger partial charge in [0.1, 0.15) is 5.75 Å². The first-order chi connectivity index (χ1) is 9.51. The van der Waals surface area contributed by atoms with E-state index in [1.54, 1.807) is 26.0 Å². The molecule has 1 aromatic carbocycles. The van der Waals surface area contributed by atoms with E-state index >= 15 is 0 Å². The second kappa shape index (κ2) is 5.36. The van der Waals surface area contributed by atoms with Gasteiger partial charge < -0.3 is 4.74 Å². The molecule has 6 heteroatoms. The molecule has 0 radical (unpaired) electrons. The van der Waals surface area contributed by atoms with Crippen LogP contribution >= 0.6 is 0 Å². The number of ether oxygens (including phenoxy) is 1. The molecule has 0 saturated heterocycles. The summed E-state index contributed by atoms with van der Waals surface area (Å²) in [5.74, 6) is 0.579. The number of hydrogen-bond donors (Lipinski definition) is 0. The third-order valence-corrected chi connectivity index (χ3v) is 2.77. The van der Waals surface area contributed by atoms with Gasteiger partial charge in [-0.3, -0.25) is 10.1 Å². The minimum absolute atomic E-state index is 0.0120. The van der Waals surface area contributed by atoms with E-state index in [2.05, 4.69) is 4.98 Å². The van der Waals surface area contributed by atoms with E-state index < -0.39 is 4.92 Å². The Kier molecular flexibility index (Phi) is 3.62. The van der Waals surface area contributed by atoms with Gasteiger partial charge in [-0.2, -0.15) is 5.26 Å². The summed E-state index contributed by atoms with van der Waals surface area (Å²) in [5, 5.41) is 19.7. The van der Waals surface area contributed by atoms with Crippen LogP contribution < -0.4 is 4.74 Å². The Morgan fingerprint density at radius 3 is 2.70 bits per heavy atom. The Labute approximate surface area is 115 Å². The van der Waals surface area contributed by atoms with Gasteiger partial charge in [-0.05, 0) is 31.5 Å². The van der Waals surface area contributed by atoms with Crippen molar-refractivity contribution in [1.29, 1.82) is 5.26 Å². The molecule has 0 aliphatic carbocycles. The van der Waals surface area contributed by atoms with Crippen LogP contribution in [0.4, 0.5) is 5.69 Å². The molecule has 0 unspecified atom stereocenters. The predicted molar refractivity (Wildman–Crippen MR) is 71.6 cm³/mol. The summed E-state index contributed by atoms with van der Waals surface area (Å²) in [6.07, 6.45) is 1.45. The standard InChI is InChI=1S/C14H11N3O3/c1-9-5-10(2)13(7-12(9)17(18)19)20-14-6-11(8-15)3-4-16-14/h3-7H,1-2H3. The lowest BCUT2D eigenvalue weighted by Gasteiger charge is -2.09. The number of pyridine rings is 1. The van der Waals surface area contributed by atoms with E-state index in [1.165, 1.54) is 18.3 Å². The second-order valence-electron chi connectivity index (χ2n) is 4.26. The van der Waals surface area contributed by atoms with E-state index in [9.17, 15) is 10.1 Å². The van der Waals surface area contributed by atoms with Crippen molar-refractivity contribution >= 4 is 5.69 Å². The average Bonchev–Trinajstić information content (AvgIpc) is 2.41. The van der Waals surface area contributed by atoms with Crippen LogP contribution in [-0.4, -0.2) is 9.91 Å². The molecule has 0 aliphatic heterocycles. The van der Waals surface area contributed by atoms with Crippen LogP contribution in [0.3, 0.4) is 0 Å². The molecule has 20 heavy (non-hydrogen) atoms. The molecule has 6 nitrogen and oxygen atoms in total. The summed E-state index contributed by atoms with van der Waals surface area (Å²) in [4.78, 5) is 14.4. The average molecular weight is 269 g/mol. The summed E-state index contributed by atoms with van der Waals surface area (Å²) in [6, 6.07) is 8.06. The van der Waals surface area contributed by atoms with Gasteiger partial charge in [0.05, 0.1) is 22.6 Å². The Hall–Kier alpha value is -2.94. The number of aryl methyl sites for hydroxylation is 2. The van der Waals surface area contributed by atoms with Gasteiger partial charge in [0, 0.05) is 17.8 Å². The predicted octanol–water partition coefficient (Wildman–Crippen LogP) is 3.27. The third kappa shape index (κ3) is 2.72. The van der Waals surface area contributed by atoms with Crippen LogP contribution in [0.15, 0.2) is 30.5 Å². The highest BCUT2D eigenvalue weighted by molar-refractivity contribution is 5.50. The smallest absolute Gasteiger partial charge is 0.276 e. The van der Waals surface area contributed by atoms with Crippen molar-refractivity contribution in [3.8, 4) is 17.7 Å². The van der Waals surface area contributed by atoms with Crippen LogP contribution in [0.2, 0.25) is 0 Å². The Morgan fingerprint density at radius 1 is 1.30 bits per heavy atom. The Bertz CT molecular complexity index is 720. The van der Waals surface area contributed by atoms with Gasteiger partial charge >= 0.3 is 0 Å². The lowest BCUT2D eigenvalue weighted by Crippen LogP contribution is -1.96. The number of nitro benzene ring substituents is 1. The molecule has 1 aromatic heterocycles. The SMILES string of the molecule is Cc1cc(C)c([N+](=O)[O-])cc1Oc1cc(C#N)ccn1. The number of nitrogens with zero attached hydrogens (tertiary/aromatic N) is 3. The highest BCUT2D eigenvalue weighted by atomic mass is 16.6. The second-order valence-corrected chi connectivity index (χ2v) is 4.26. The zero-order valence-corrected chi connectivity index (χ0v) is 11.0. The number of nitro groups is 1. The molecule has 0 aliphatic rings. The molecule has 2 rings (SSSR count). The van der Waals surface area contributed by atoms with Crippen molar-refractivity contribution in [2.45, 2.75) is 13.8 Å². The van der Waals surface area contributed by atoms with E-state index in [4.69, 9.17) is 10.00 Å². The molecule has 0 fully saturated rings. The number of hydrogen-bond acceptors (Lipinski definition) is 5. The largest absolute Gasteiger partial charge is 0.438 e. The van der Waals surface area contributed by atoms with Crippen molar-refractivity contribution in [2.75, 3.05) is 0 Å². The van der Waals surface area contributed by atoms with E-state index in [0.717, 1.165) is 5.56 Å². The molecule has 0 bridgehead atoms. The lowest BCUT2D eigenvalue weighted by molar-refractivity contribution is -0.385. The molecule has 0 amide bonds. The van der Waals surface area contributed by atoms with Gasteiger partial charge in [0.25, 0.3) is 5.69 Å². The molecule has 0 atom stereocenters. The lowest BCUT2D eigenvalue weighted by atomic mass is 10.1. The minimum Gasteiger partial charge on any atom is -0.438 e. The highest BCUT2D eigenvalue weighted by Gasteiger charge is 2.15. The zero-order chi connectivity index (χ0) is 14.7. The normalized spacial score (nSPS) is 9.85. The van der Waals surface area contributed by atoms with Gasteiger partial charge in [-0.1, -0.05) is 0 Å². The van der Waals surface area contributed by atoms with Gasteiger partial charge in [0.2, 0.25) is 5.88 Å². The van der Waals surface area contributed by atoms with E-state index in [1.807, 2.05) is 6.07 Å². The fourth-order valence-electron chi connectivity index (χ4n) is 1.78. The first-order valence-corrected chi connectivity index (χ1v) is 5.81. The van der Waals surface area contributed by atoms with Crippen molar-refractivity contribution in [2.24, 2.45) is 0 Å². The highest BCUT2D eigenvalue weighted by Crippen LogP contribution is 2.30. The number of benzene rings is 1. The van der Waals surface area contributed by atoms with E-state index in [-0.39, 0.29) is 11.6 Å². The summed E-state index contributed by atoms with van der Waals surface area (Å²) < 4.78 is 5.53. The molecule has 0 saturated carbocycles. The van der Waals surface area contributed by atoms with Crippen LogP contribution in [0.1, 0.15) is 16.7 Å². The summed E-state index contributed by atoms with van der Waals surface area (Å²) in [7, 11) is 0. The van der Waals surface area contributed by atoms with Gasteiger partial charge in [0.15, 0.2) is 0 Å². The molecule has 0 N–H and O–H groups in total. The molecular weight excluding hydrogens is 258 g/mol. The topological polar surface area (TPSA) is 89.0 Å². The first-order valence-electron chi connectivity index (χ1n) is 5.81. The van der Waals surface area contributed by atoms with Crippen molar-refractivity contribution in [3.63, 3.8) is 0 Å². The zero-order valence-electron chi connectivity index (χ0n) is 11.0. The fraction of sp³-hybridized carbons (Fsp3) is 0.143. The van der Waals surface area contributed by atoms with Crippen molar-refractivity contribution in [1.82, 2.24) is 4.98 Å². The van der Waals surface area contributed by atoms with Crippen LogP contribution in [0.25, 0.3) is 0 Å². The van der Waals surface area contributed by atoms with E-state index in [0.29, 0.717) is 16.9 Å². The molecular formula is C14H11N3O3. The van der Waals surface area contributed by atoms with Crippen molar-refractivity contribution in [3.05, 3.63) is 57.3 Å². The summed E-state index contributed by atoms with van der Waals surface area (Å²) in [6.45, 7) is 3.46. The van der Waals surface area contributed by atoms with Crippen LogP contribution in [0, 0.1) is 35.3 Å². The van der Waals surface area contributed by atoms with Crippen LogP contribution in [-0.2, 0) is 0 Å². The molecule has 2 aromatic rings. The third-order valence-electron chi connectivity index (χ3n) is 2.77. The molecule has 100 valence electrons. The van der Waals surface area contributed by atoms with Gasteiger partial charge in [-0.15, -0.1) is 0 Å². The summed E-state index contributed by atoms with van der Waals surface area (Å²) in [5.41, 5.74) is 1.73. The molecule has 1 heterocycles. The summed E-state index contributed by atoms with van der Waals surface area (Å²) >= 11 is 0. The monoisotopic (exact) mass is 269 g/mol. The Morgan fingerprint density at radius 2 is 2.05 bits per heavy atom. The fourth-order valence-corrected chi connectivity index (χ4v) is 1.78. The number of nitriles is 1. The molecule has 0 spiro atoms. The Balaban J connectivity index is 2.40. The number of rotatable bonds is 3. The quantitative estimate of drug-likeness (QED) is 0.630. The maximum absolute atomic E-state index is 10.9.